The molecule has 0 saturated heterocycles. The highest BCUT2D eigenvalue weighted by atomic mass is 35.5. The van der Waals surface area contributed by atoms with E-state index in [1.165, 1.54) is 6.07 Å². The van der Waals surface area contributed by atoms with Crippen molar-refractivity contribution in [1.29, 1.82) is 0 Å². The molecule has 0 aliphatic heterocycles. The van der Waals surface area contributed by atoms with Gasteiger partial charge in [0, 0.05) is 17.7 Å². The van der Waals surface area contributed by atoms with Crippen molar-refractivity contribution in [3.63, 3.8) is 0 Å². The van der Waals surface area contributed by atoms with Gasteiger partial charge in [-0.2, -0.15) is 0 Å². The predicted molar refractivity (Wildman–Crippen MR) is 74.5 cm³/mol. The Balaban J connectivity index is 2.33. The van der Waals surface area contributed by atoms with E-state index in [2.05, 4.69) is 0 Å². The van der Waals surface area contributed by atoms with Gasteiger partial charge in [-0.25, -0.2) is 4.39 Å². The van der Waals surface area contributed by atoms with Crippen LogP contribution in [0, 0.1) is 5.82 Å². The number of nitrogens with two attached hydrogens (primary N) is 1. The molecule has 2 unspecified atom stereocenters. The summed E-state index contributed by atoms with van der Waals surface area (Å²) >= 11 is 5.74. The van der Waals surface area contributed by atoms with Crippen molar-refractivity contribution in [3.8, 4) is 0 Å². The maximum absolute atomic E-state index is 13.9. The smallest absolute Gasteiger partial charge is 0.129 e. The van der Waals surface area contributed by atoms with Gasteiger partial charge in [0.05, 0.1) is 6.04 Å². The second-order valence-corrected chi connectivity index (χ2v) is 4.70. The topological polar surface area (TPSA) is 35.2 Å². The number of hydrogen-bond acceptors (Lipinski definition) is 2. The normalized spacial score (nSPS) is 14.1. The molecule has 2 aromatic rings. The Morgan fingerprint density at radius 2 is 1.84 bits per heavy atom. The second kappa shape index (κ2) is 6.15. The summed E-state index contributed by atoms with van der Waals surface area (Å²) in [6.07, 6.45) is -0.406. The molecule has 0 saturated carbocycles. The number of ether oxygens (including phenoxy) is 1. The van der Waals surface area contributed by atoms with Crippen LogP contribution < -0.4 is 5.73 Å². The van der Waals surface area contributed by atoms with E-state index in [9.17, 15) is 4.39 Å². The fraction of sp³-hybridized carbons (Fsp3) is 0.200. The van der Waals surface area contributed by atoms with Crippen LogP contribution in [0.3, 0.4) is 0 Å². The molecule has 0 radical (unpaired) electrons. The highest BCUT2D eigenvalue weighted by Gasteiger charge is 2.23. The van der Waals surface area contributed by atoms with Crippen molar-refractivity contribution >= 4 is 11.6 Å². The largest absolute Gasteiger partial charge is 0.375 e. The molecule has 0 bridgehead atoms. The van der Waals surface area contributed by atoms with E-state index >= 15 is 0 Å². The summed E-state index contributed by atoms with van der Waals surface area (Å²) < 4.78 is 19.3. The Labute approximate surface area is 117 Å². The van der Waals surface area contributed by atoms with Gasteiger partial charge < -0.3 is 10.5 Å². The van der Waals surface area contributed by atoms with Crippen LogP contribution in [0.1, 0.15) is 23.3 Å². The number of halogens is 2. The molecule has 19 heavy (non-hydrogen) atoms. The summed E-state index contributed by atoms with van der Waals surface area (Å²) in [5.41, 5.74) is 7.42. The van der Waals surface area contributed by atoms with E-state index in [4.69, 9.17) is 22.1 Å². The summed E-state index contributed by atoms with van der Waals surface area (Å²) in [6.45, 7) is 0. The standard InChI is InChI=1S/C15H15ClFNO/c1-19-15(10-5-3-2-4-6-10)14(18)12-8-7-11(16)9-13(12)17/h2-9,14-15H,18H2,1H3. The molecule has 4 heteroatoms. The van der Waals surface area contributed by atoms with Gasteiger partial charge in [0.1, 0.15) is 11.9 Å². The first kappa shape index (κ1) is 14.0. The first-order valence-electron chi connectivity index (χ1n) is 5.91. The SMILES string of the molecule is COC(c1ccccc1)C(N)c1ccc(Cl)cc1F. The summed E-state index contributed by atoms with van der Waals surface area (Å²) in [5.74, 6) is -0.419. The van der Waals surface area contributed by atoms with E-state index in [1.807, 2.05) is 30.3 Å². The minimum Gasteiger partial charge on any atom is -0.375 e. The molecule has 0 amide bonds. The summed E-state index contributed by atoms with van der Waals surface area (Å²) in [4.78, 5) is 0. The summed E-state index contributed by atoms with van der Waals surface area (Å²) in [7, 11) is 1.56. The van der Waals surface area contributed by atoms with Gasteiger partial charge in [-0.3, -0.25) is 0 Å². The van der Waals surface area contributed by atoms with Crippen LogP contribution in [0.5, 0.6) is 0 Å². The third-order valence-corrected chi connectivity index (χ3v) is 3.26. The molecule has 0 heterocycles. The molecule has 0 fully saturated rings. The van der Waals surface area contributed by atoms with Crippen molar-refractivity contribution in [2.24, 2.45) is 5.73 Å². The monoisotopic (exact) mass is 279 g/mol. The van der Waals surface area contributed by atoms with Crippen LogP contribution in [-0.4, -0.2) is 7.11 Å². The highest BCUT2D eigenvalue weighted by Crippen LogP contribution is 2.31. The fourth-order valence-corrected chi connectivity index (χ4v) is 2.23. The quantitative estimate of drug-likeness (QED) is 0.922. The van der Waals surface area contributed by atoms with Crippen LogP contribution >= 0.6 is 11.6 Å². The highest BCUT2D eigenvalue weighted by molar-refractivity contribution is 6.30. The Morgan fingerprint density at radius 3 is 2.42 bits per heavy atom. The molecule has 2 nitrogen and oxygen atoms in total. The van der Waals surface area contributed by atoms with Crippen LogP contribution in [0.4, 0.5) is 4.39 Å². The average molecular weight is 280 g/mol. The van der Waals surface area contributed by atoms with E-state index in [0.717, 1.165) is 5.56 Å². The maximum atomic E-state index is 13.9. The molecule has 0 aliphatic carbocycles. The van der Waals surface area contributed by atoms with Crippen molar-refractivity contribution in [1.82, 2.24) is 0 Å². The van der Waals surface area contributed by atoms with Crippen LogP contribution in [0.25, 0.3) is 0 Å². The Morgan fingerprint density at radius 1 is 1.16 bits per heavy atom. The Bertz CT molecular complexity index is 547. The van der Waals surface area contributed by atoms with Gasteiger partial charge >= 0.3 is 0 Å². The number of rotatable bonds is 4. The molecule has 0 spiro atoms. The van der Waals surface area contributed by atoms with E-state index < -0.39 is 18.0 Å². The van der Waals surface area contributed by atoms with E-state index in [1.54, 1.807) is 19.2 Å². The predicted octanol–water partition coefficient (Wildman–Crippen LogP) is 3.87. The summed E-state index contributed by atoms with van der Waals surface area (Å²) in [5, 5.41) is 0.349. The molecular formula is C15H15ClFNO. The third kappa shape index (κ3) is 3.13. The maximum Gasteiger partial charge on any atom is 0.129 e. The molecule has 2 rings (SSSR count). The van der Waals surface area contributed by atoms with Gasteiger partial charge in [0.15, 0.2) is 0 Å². The lowest BCUT2D eigenvalue weighted by Crippen LogP contribution is -2.22. The lowest BCUT2D eigenvalue weighted by Gasteiger charge is -2.23. The first-order chi connectivity index (χ1) is 9.13. The molecule has 0 aromatic heterocycles. The minimum absolute atomic E-state index is 0.349. The van der Waals surface area contributed by atoms with Crippen LogP contribution in [0.15, 0.2) is 48.5 Å². The molecule has 2 aromatic carbocycles. The van der Waals surface area contributed by atoms with Gasteiger partial charge in [0.25, 0.3) is 0 Å². The zero-order valence-electron chi connectivity index (χ0n) is 10.5. The Hall–Kier alpha value is -1.42. The van der Waals surface area contributed by atoms with Crippen molar-refractivity contribution in [2.75, 3.05) is 7.11 Å². The zero-order chi connectivity index (χ0) is 13.8. The van der Waals surface area contributed by atoms with Gasteiger partial charge in [-0.15, -0.1) is 0 Å². The fourth-order valence-electron chi connectivity index (χ4n) is 2.07. The minimum atomic E-state index is -0.593. The zero-order valence-corrected chi connectivity index (χ0v) is 11.3. The molecule has 0 aliphatic rings. The van der Waals surface area contributed by atoms with Gasteiger partial charge in [0.2, 0.25) is 0 Å². The Kier molecular flexibility index (Phi) is 4.53. The van der Waals surface area contributed by atoms with Crippen LogP contribution in [-0.2, 0) is 4.74 Å². The molecule has 100 valence electrons. The van der Waals surface area contributed by atoms with Crippen LogP contribution in [0.2, 0.25) is 5.02 Å². The molecule has 2 N–H and O–H groups in total. The van der Waals surface area contributed by atoms with E-state index in [0.29, 0.717) is 10.6 Å². The second-order valence-electron chi connectivity index (χ2n) is 4.26. The molecular weight excluding hydrogens is 265 g/mol. The van der Waals surface area contributed by atoms with Crippen molar-refractivity contribution < 1.29 is 9.13 Å². The van der Waals surface area contributed by atoms with Crippen molar-refractivity contribution in [2.45, 2.75) is 12.1 Å². The number of hydrogen-bond donors (Lipinski definition) is 1. The summed E-state index contributed by atoms with van der Waals surface area (Å²) in [6, 6.07) is 13.4. The molecule has 2 atom stereocenters. The van der Waals surface area contributed by atoms with Gasteiger partial charge in [-0.1, -0.05) is 48.0 Å². The number of methoxy groups -OCH3 is 1. The lowest BCUT2D eigenvalue weighted by molar-refractivity contribution is 0.0791. The third-order valence-electron chi connectivity index (χ3n) is 3.03. The number of benzene rings is 2. The van der Waals surface area contributed by atoms with Crippen molar-refractivity contribution in [3.05, 3.63) is 70.5 Å². The average Bonchev–Trinajstić information content (AvgIpc) is 2.40. The first-order valence-corrected chi connectivity index (χ1v) is 6.29. The van der Waals surface area contributed by atoms with E-state index in [-0.39, 0.29) is 0 Å². The lowest BCUT2D eigenvalue weighted by atomic mass is 9.96. The van der Waals surface area contributed by atoms with Gasteiger partial charge in [-0.05, 0) is 17.7 Å².